The van der Waals surface area contributed by atoms with Crippen molar-refractivity contribution >= 4 is 10.0 Å². The van der Waals surface area contributed by atoms with Crippen molar-refractivity contribution in [3.05, 3.63) is 46.3 Å². The van der Waals surface area contributed by atoms with Crippen LogP contribution in [-0.2, 0) is 23.1 Å². The quantitative estimate of drug-likeness (QED) is 0.844. The van der Waals surface area contributed by atoms with Crippen LogP contribution in [0.1, 0.15) is 34.9 Å². The third kappa shape index (κ3) is 3.33. The summed E-state index contributed by atoms with van der Waals surface area (Å²) in [5.41, 5.74) is 4.58. The topological polar surface area (TPSA) is 55.2 Å². The summed E-state index contributed by atoms with van der Waals surface area (Å²) in [7, 11) is -1.91. The minimum atomic E-state index is -3.53. The Hall–Kier alpha value is -1.66. The molecule has 0 fully saturated rings. The van der Waals surface area contributed by atoms with Gasteiger partial charge in [0.15, 0.2) is 0 Å². The van der Waals surface area contributed by atoms with Gasteiger partial charge in [-0.25, -0.2) is 8.42 Å². The number of hydrogen-bond acceptors (Lipinski definition) is 3. The fourth-order valence-electron chi connectivity index (χ4n) is 3.01. The largest absolute Gasteiger partial charge is 0.270 e. The zero-order valence-corrected chi connectivity index (χ0v) is 15.5. The van der Waals surface area contributed by atoms with Crippen LogP contribution in [0, 0.1) is 27.7 Å². The molecule has 0 aliphatic rings. The van der Waals surface area contributed by atoms with Crippen LogP contribution in [0.3, 0.4) is 0 Å². The smallest absolute Gasteiger partial charge is 0.243 e. The monoisotopic (exact) mass is 335 g/mol. The SMILES string of the molecule is CCn1ncc(CN(C)S(=O)(=O)c2c(C)cc(C)cc2C)c1C. The van der Waals surface area contributed by atoms with Crippen LogP contribution in [0.5, 0.6) is 0 Å². The number of sulfonamides is 1. The second kappa shape index (κ2) is 6.45. The van der Waals surface area contributed by atoms with Gasteiger partial charge < -0.3 is 0 Å². The second-order valence-corrected chi connectivity index (χ2v) is 8.04. The summed E-state index contributed by atoms with van der Waals surface area (Å²) in [6.45, 7) is 10.8. The van der Waals surface area contributed by atoms with E-state index in [1.807, 2.05) is 51.4 Å². The maximum Gasteiger partial charge on any atom is 0.243 e. The highest BCUT2D eigenvalue weighted by Gasteiger charge is 2.26. The summed E-state index contributed by atoms with van der Waals surface area (Å²) in [6.07, 6.45) is 1.75. The van der Waals surface area contributed by atoms with Gasteiger partial charge in [-0.1, -0.05) is 17.7 Å². The van der Waals surface area contributed by atoms with Gasteiger partial charge in [-0.2, -0.15) is 9.40 Å². The number of aromatic nitrogens is 2. The Morgan fingerprint density at radius 2 is 1.70 bits per heavy atom. The van der Waals surface area contributed by atoms with Gasteiger partial charge in [0.05, 0.1) is 11.1 Å². The van der Waals surface area contributed by atoms with E-state index in [9.17, 15) is 8.42 Å². The molecule has 0 atom stereocenters. The number of nitrogens with zero attached hydrogens (tertiary/aromatic N) is 3. The van der Waals surface area contributed by atoms with Crippen molar-refractivity contribution in [3.8, 4) is 0 Å². The molecule has 0 unspecified atom stereocenters. The van der Waals surface area contributed by atoms with Crippen LogP contribution >= 0.6 is 0 Å². The Morgan fingerprint density at radius 3 is 2.17 bits per heavy atom. The van der Waals surface area contributed by atoms with Crippen LogP contribution in [0.25, 0.3) is 0 Å². The Morgan fingerprint density at radius 1 is 1.13 bits per heavy atom. The molecule has 2 rings (SSSR count). The van der Waals surface area contributed by atoms with Gasteiger partial charge in [-0.15, -0.1) is 0 Å². The molecule has 126 valence electrons. The highest BCUT2D eigenvalue weighted by molar-refractivity contribution is 7.89. The van der Waals surface area contributed by atoms with E-state index in [0.29, 0.717) is 11.4 Å². The van der Waals surface area contributed by atoms with Crippen LogP contribution in [0.15, 0.2) is 23.2 Å². The molecule has 0 saturated carbocycles. The average molecular weight is 335 g/mol. The molecular formula is C17H25N3O2S. The average Bonchev–Trinajstić information content (AvgIpc) is 2.78. The Bertz CT molecular complexity index is 799. The summed E-state index contributed by atoms with van der Waals surface area (Å²) in [4.78, 5) is 0.408. The number of hydrogen-bond donors (Lipinski definition) is 0. The summed E-state index contributed by atoms with van der Waals surface area (Å²) >= 11 is 0. The molecule has 5 nitrogen and oxygen atoms in total. The fourth-order valence-corrected chi connectivity index (χ4v) is 4.57. The predicted molar refractivity (Wildman–Crippen MR) is 91.9 cm³/mol. The van der Waals surface area contributed by atoms with E-state index in [1.54, 1.807) is 13.2 Å². The van der Waals surface area contributed by atoms with E-state index in [4.69, 9.17) is 0 Å². The molecular weight excluding hydrogens is 310 g/mol. The van der Waals surface area contributed by atoms with E-state index >= 15 is 0 Å². The first-order valence-corrected chi connectivity index (χ1v) is 9.18. The molecule has 0 saturated heterocycles. The minimum absolute atomic E-state index is 0.320. The fraction of sp³-hybridized carbons (Fsp3) is 0.471. The predicted octanol–water partition coefficient (Wildman–Crippen LogP) is 2.96. The summed E-state index contributed by atoms with van der Waals surface area (Å²) in [5.74, 6) is 0. The molecule has 6 heteroatoms. The molecule has 1 aromatic heterocycles. The van der Waals surface area contributed by atoms with Crippen molar-refractivity contribution in [3.63, 3.8) is 0 Å². The van der Waals surface area contributed by atoms with Gasteiger partial charge in [0, 0.05) is 31.4 Å². The lowest BCUT2D eigenvalue weighted by Gasteiger charge is -2.20. The molecule has 0 radical (unpaired) electrons. The first-order chi connectivity index (χ1) is 10.7. The van der Waals surface area contributed by atoms with Crippen LogP contribution in [-0.4, -0.2) is 29.6 Å². The third-order valence-electron chi connectivity index (χ3n) is 4.17. The molecule has 1 heterocycles. The highest BCUT2D eigenvalue weighted by atomic mass is 32.2. The minimum Gasteiger partial charge on any atom is -0.270 e. The van der Waals surface area contributed by atoms with Crippen LogP contribution in [0.2, 0.25) is 0 Å². The van der Waals surface area contributed by atoms with Crippen molar-refractivity contribution in [1.29, 1.82) is 0 Å². The van der Waals surface area contributed by atoms with Gasteiger partial charge >= 0.3 is 0 Å². The van der Waals surface area contributed by atoms with Crippen LogP contribution < -0.4 is 0 Å². The van der Waals surface area contributed by atoms with Gasteiger partial charge in [-0.3, -0.25) is 4.68 Å². The Labute approximate surface area is 139 Å². The lowest BCUT2D eigenvalue weighted by Crippen LogP contribution is -2.28. The summed E-state index contributed by atoms with van der Waals surface area (Å²) in [5, 5.41) is 4.28. The number of rotatable bonds is 5. The van der Waals surface area contributed by atoms with Gasteiger partial charge in [0.1, 0.15) is 0 Å². The van der Waals surface area contributed by atoms with E-state index in [2.05, 4.69) is 5.10 Å². The van der Waals surface area contributed by atoms with Gasteiger partial charge in [-0.05, 0) is 45.7 Å². The zero-order valence-electron chi connectivity index (χ0n) is 14.7. The first-order valence-electron chi connectivity index (χ1n) is 7.74. The lowest BCUT2D eigenvalue weighted by molar-refractivity contribution is 0.464. The van der Waals surface area contributed by atoms with Crippen molar-refractivity contribution in [1.82, 2.24) is 14.1 Å². The van der Waals surface area contributed by atoms with Crippen molar-refractivity contribution in [2.75, 3.05) is 7.05 Å². The molecule has 0 aliphatic heterocycles. The standard InChI is InChI=1S/C17H25N3O2S/c1-7-20-15(5)16(10-18-20)11-19(6)23(21,22)17-13(3)8-12(2)9-14(17)4/h8-10H,7,11H2,1-6H3. The van der Waals surface area contributed by atoms with Crippen LogP contribution in [0.4, 0.5) is 0 Å². The second-order valence-electron chi connectivity index (χ2n) is 6.06. The number of benzene rings is 1. The molecule has 0 amide bonds. The third-order valence-corrected chi connectivity index (χ3v) is 6.28. The van der Waals surface area contributed by atoms with Crippen molar-refractivity contribution in [2.45, 2.75) is 52.6 Å². The van der Waals surface area contributed by atoms with E-state index in [0.717, 1.165) is 34.5 Å². The van der Waals surface area contributed by atoms with Crippen molar-refractivity contribution in [2.24, 2.45) is 0 Å². The Kier molecular flexibility index (Phi) is 4.96. The van der Waals surface area contributed by atoms with E-state index < -0.39 is 10.0 Å². The maximum absolute atomic E-state index is 13.0. The summed E-state index contributed by atoms with van der Waals surface area (Å²) in [6, 6.07) is 3.82. The number of aryl methyl sites for hydroxylation is 4. The lowest BCUT2D eigenvalue weighted by atomic mass is 10.1. The molecule has 23 heavy (non-hydrogen) atoms. The maximum atomic E-state index is 13.0. The zero-order chi connectivity index (χ0) is 17.4. The van der Waals surface area contributed by atoms with Crippen molar-refractivity contribution < 1.29 is 8.42 Å². The van der Waals surface area contributed by atoms with E-state index in [-0.39, 0.29) is 0 Å². The highest BCUT2D eigenvalue weighted by Crippen LogP contribution is 2.25. The first kappa shape index (κ1) is 17.7. The normalized spacial score (nSPS) is 12.1. The Balaban J connectivity index is 2.38. The molecule has 0 N–H and O–H groups in total. The molecule has 0 bridgehead atoms. The van der Waals surface area contributed by atoms with E-state index in [1.165, 1.54) is 4.31 Å². The molecule has 0 spiro atoms. The summed E-state index contributed by atoms with van der Waals surface area (Å²) < 4.78 is 29.2. The molecule has 1 aromatic carbocycles. The van der Waals surface area contributed by atoms with Gasteiger partial charge in [0.2, 0.25) is 10.0 Å². The molecule has 0 aliphatic carbocycles. The van der Waals surface area contributed by atoms with Gasteiger partial charge in [0.25, 0.3) is 0 Å². The molecule has 2 aromatic rings.